The molecule has 1 unspecified atom stereocenters. The van der Waals surface area contributed by atoms with E-state index in [9.17, 15) is 14.7 Å². The van der Waals surface area contributed by atoms with Gasteiger partial charge in [0.1, 0.15) is 6.61 Å². The van der Waals surface area contributed by atoms with Gasteiger partial charge in [-0.15, -0.1) is 0 Å². The van der Waals surface area contributed by atoms with E-state index in [-0.39, 0.29) is 25.2 Å². The first-order valence-corrected chi connectivity index (χ1v) is 27.4. The molecule has 0 fully saturated rings. The van der Waals surface area contributed by atoms with Gasteiger partial charge in [-0.05, 0) is 64.2 Å². The first-order valence-electron chi connectivity index (χ1n) is 27.4. The van der Waals surface area contributed by atoms with Gasteiger partial charge in [0.25, 0.3) is 0 Å². The first-order chi connectivity index (χ1) is 30.1. The summed E-state index contributed by atoms with van der Waals surface area (Å²) in [5, 5.41) is 9.63. The number of unbranched alkanes of at least 4 members (excludes halogenated alkanes) is 39. The lowest BCUT2D eigenvalue weighted by molar-refractivity contribution is -0.161. The number of aliphatic hydroxyl groups is 1. The molecule has 0 amide bonds. The molecule has 0 spiro atoms. The molecule has 0 aliphatic rings. The Morgan fingerprint density at radius 3 is 0.885 bits per heavy atom. The number of carbonyl (C=O) groups excluding carboxylic acids is 2. The quantitative estimate of drug-likeness (QED) is 0.0375. The molecule has 0 aliphatic heterocycles. The summed E-state index contributed by atoms with van der Waals surface area (Å²) in [4.78, 5) is 24.5. The Balaban J connectivity index is 3.43. The maximum atomic E-state index is 12.3. The van der Waals surface area contributed by atoms with Crippen LogP contribution in [-0.2, 0) is 19.1 Å². The second-order valence-electron chi connectivity index (χ2n) is 18.7. The number of carbonyl (C=O) groups is 2. The second-order valence-corrected chi connectivity index (χ2v) is 18.7. The third-order valence-corrected chi connectivity index (χ3v) is 12.5. The fourth-order valence-corrected chi connectivity index (χ4v) is 8.31. The van der Waals surface area contributed by atoms with Crippen LogP contribution in [0.4, 0.5) is 0 Å². The highest BCUT2D eigenvalue weighted by Crippen LogP contribution is 2.17. The lowest BCUT2D eigenvalue weighted by Gasteiger charge is -2.15. The summed E-state index contributed by atoms with van der Waals surface area (Å²) in [7, 11) is 0. The average Bonchev–Trinajstić information content (AvgIpc) is 3.26. The van der Waals surface area contributed by atoms with Crippen LogP contribution < -0.4 is 0 Å². The molecule has 0 aromatic carbocycles. The summed E-state index contributed by atoms with van der Waals surface area (Å²) >= 11 is 0. The standard InChI is InChI=1S/C56H106O5/c1-3-5-7-9-11-13-15-17-19-21-23-24-25-26-27-28-29-30-31-32-33-35-37-39-41-43-45-47-49-51-56(59)61-54(52-57)53-60-55(58)50-48-46-44-42-40-38-36-34-22-20-18-16-14-12-10-8-6-4-2/h20-23,54,57H,3-19,24-53H2,1-2H3/b22-20-,23-21-. The highest BCUT2D eigenvalue weighted by molar-refractivity contribution is 5.70. The predicted molar refractivity (Wildman–Crippen MR) is 265 cm³/mol. The highest BCUT2D eigenvalue weighted by atomic mass is 16.6. The van der Waals surface area contributed by atoms with Crippen LogP contribution in [0.25, 0.3) is 0 Å². The molecule has 0 saturated heterocycles. The number of hydrogen-bond donors (Lipinski definition) is 1. The van der Waals surface area contributed by atoms with Crippen molar-refractivity contribution < 1.29 is 24.2 Å². The molecule has 0 heterocycles. The van der Waals surface area contributed by atoms with E-state index in [0.29, 0.717) is 12.8 Å². The first kappa shape index (κ1) is 59.4. The smallest absolute Gasteiger partial charge is 0.306 e. The molecule has 0 radical (unpaired) electrons. The van der Waals surface area contributed by atoms with Crippen molar-refractivity contribution >= 4 is 11.9 Å². The minimum Gasteiger partial charge on any atom is -0.462 e. The van der Waals surface area contributed by atoms with Gasteiger partial charge in [-0.1, -0.05) is 250 Å². The Kier molecular flexibility index (Phi) is 51.3. The molecule has 61 heavy (non-hydrogen) atoms. The molecule has 0 aromatic rings. The van der Waals surface area contributed by atoms with Gasteiger partial charge in [-0.2, -0.15) is 0 Å². The molecule has 1 atom stereocenters. The molecule has 360 valence electrons. The zero-order valence-electron chi connectivity index (χ0n) is 41.2. The van der Waals surface area contributed by atoms with Gasteiger partial charge in [-0.3, -0.25) is 9.59 Å². The molecule has 0 saturated carbocycles. The van der Waals surface area contributed by atoms with Crippen LogP contribution in [0, 0.1) is 0 Å². The maximum Gasteiger partial charge on any atom is 0.306 e. The summed E-state index contributed by atoms with van der Waals surface area (Å²) in [6.07, 6.45) is 65.8. The minimum absolute atomic E-state index is 0.0630. The number of allylic oxidation sites excluding steroid dienone is 4. The van der Waals surface area contributed by atoms with E-state index in [2.05, 4.69) is 38.2 Å². The number of ether oxygens (including phenoxy) is 2. The van der Waals surface area contributed by atoms with Crippen LogP contribution in [-0.4, -0.2) is 36.4 Å². The summed E-state index contributed by atoms with van der Waals surface area (Å²) in [5.74, 6) is -0.579. The lowest BCUT2D eigenvalue weighted by atomic mass is 10.0. The second kappa shape index (κ2) is 52.7. The van der Waals surface area contributed by atoms with E-state index in [4.69, 9.17) is 9.47 Å². The van der Waals surface area contributed by atoms with Crippen LogP contribution in [0.1, 0.15) is 303 Å². The van der Waals surface area contributed by atoms with Crippen LogP contribution in [0.5, 0.6) is 0 Å². The Bertz CT molecular complexity index is 928. The van der Waals surface area contributed by atoms with Crippen molar-refractivity contribution in [2.45, 2.75) is 309 Å². The van der Waals surface area contributed by atoms with Gasteiger partial charge in [0.2, 0.25) is 0 Å². The zero-order chi connectivity index (χ0) is 44.2. The average molecular weight is 859 g/mol. The van der Waals surface area contributed by atoms with Gasteiger partial charge < -0.3 is 14.6 Å². The molecular formula is C56H106O5. The molecule has 1 N–H and O–H groups in total. The Hall–Kier alpha value is -1.62. The monoisotopic (exact) mass is 859 g/mol. The van der Waals surface area contributed by atoms with Gasteiger partial charge in [-0.25, -0.2) is 0 Å². The van der Waals surface area contributed by atoms with Gasteiger partial charge in [0, 0.05) is 12.8 Å². The van der Waals surface area contributed by atoms with E-state index in [1.54, 1.807) is 0 Å². The molecule has 0 aliphatic carbocycles. The number of hydrogen-bond acceptors (Lipinski definition) is 5. The van der Waals surface area contributed by atoms with E-state index in [1.807, 2.05) is 0 Å². The normalized spacial score (nSPS) is 12.2. The molecule has 5 heteroatoms. The molecule has 5 nitrogen and oxygen atoms in total. The van der Waals surface area contributed by atoms with E-state index < -0.39 is 6.10 Å². The van der Waals surface area contributed by atoms with Crippen LogP contribution in [0.3, 0.4) is 0 Å². The number of rotatable bonds is 51. The Morgan fingerprint density at radius 1 is 0.361 bits per heavy atom. The summed E-state index contributed by atoms with van der Waals surface area (Å²) < 4.78 is 10.7. The minimum atomic E-state index is -0.770. The van der Waals surface area contributed by atoms with Crippen molar-refractivity contribution in [2.24, 2.45) is 0 Å². The van der Waals surface area contributed by atoms with Crippen molar-refractivity contribution in [1.82, 2.24) is 0 Å². The lowest BCUT2D eigenvalue weighted by Crippen LogP contribution is -2.28. The van der Waals surface area contributed by atoms with Crippen molar-refractivity contribution in [1.29, 1.82) is 0 Å². The third kappa shape index (κ3) is 50.9. The van der Waals surface area contributed by atoms with Gasteiger partial charge in [0.15, 0.2) is 6.10 Å². The summed E-state index contributed by atoms with van der Waals surface area (Å²) in [5.41, 5.74) is 0. The van der Waals surface area contributed by atoms with E-state index in [0.717, 1.165) is 38.5 Å². The molecular weight excluding hydrogens is 753 g/mol. The molecule has 0 bridgehead atoms. The topological polar surface area (TPSA) is 72.8 Å². The fraction of sp³-hybridized carbons (Fsp3) is 0.893. The molecule has 0 aromatic heterocycles. The van der Waals surface area contributed by atoms with Crippen LogP contribution >= 0.6 is 0 Å². The zero-order valence-corrected chi connectivity index (χ0v) is 41.2. The predicted octanol–water partition coefficient (Wildman–Crippen LogP) is 18.1. The SMILES string of the molecule is CCCCCCCCC/C=C\CCCCCCCCCC(=O)OCC(CO)OC(=O)CCCCCCCCCCCCCCCCCCC/C=C\CCCCCCCCCC. The van der Waals surface area contributed by atoms with Crippen molar-refractivity contribution in [3.8, 4) is 0 Å². The number of esters is 2. The van der Waals surface area contributed by atoms with Crippen LogP contribution in [0.15, 0.2) is 24.3 Å². The van der Waals surface area contributed by atoms with E-state index in [1.165, 1.54) is 238 Å². The van der Waals surface area contributed by atoms with Gasteiger partial charge >= 0.3 is 11.9 Å². The van der Waals surface area contributed by atoms with Gasteiger partial charge in [0.05, 0.1) is 6.61 Å². The summed E-state index contributed by atoms with van der Waals surface area (Å²) in [6, 6.07) is 0. The summed E-state index contributed by atoms with van der Waals surface area (Å²) in [6.45, 7) is 4.17. The van der Waals surface area contributed by atoms with Crippen molar-refractivity contribution in [3.05, 3.63) is 24.3 Å². The van der Waals surface area contributed by atoms with E-state index >= 15 is 0 Å². The van der Waals surface area contributed by atoms with Crippen LogP contribution in [0.2, 0.25) is 0 Å². The Morgan fingerprint density at radius 2 is 0.607 bits per heavy atom. The maximum absolute atomic E-state index is 12.3. The van der Waals surface area contributed by atoms with Crippen molar-refractivity contribution in [3.63, 3.8) is 0 Å². The molecule has 0 rings (SSSR count). The fourth-order valence-electron chi connectivity index (χ4n) is 8.31. The van der Waals surface area contributed by atoms with Crippen molar-refractivity contribution in [2.75, 3.05) is 13.2 Å². The third-order valence-electron chi connectivity index (χ3n) is 12.5. The number of aliphatic hydroxyl groups excluding tert-OH is 1. The largest absolute Gasteiger partial charge is 0.462 e. The highest BCUT2D eigenvalue weighted by Gasteiger charge is 2.16. The Labute approximate surface area is 381 Å².